The van der Waals surface area contributed by atoms with Gasteiger partial charge in [-0.1, -0.05) is 78.9 Å². The van der Waals surface area contributed by atoms with Gasteiger partial charge in [0.05, 0.1) is 0 Å². The second-order valence-corrected chi connectivity index (χ2v) is 9.86. The zero-order chi connectivity index (χ0) is 27.5. The van der Waals surface area contributed by atoms with Crippen LogP contribution >= 0.6 is 0 Å². The molecule has 1 aliphatic carbocycles. The molecule has 6 rings (SSSR count). The SMILES string of the molecule is O=C(NC(Cc1c[nH]c2cc(OCc3ccccc3)ccc12)C(=O)O)OCC1c2ccccc2-c2ccccc21. The minimum atomic E-state index is -1.15. The molecule has 200 valence electrons. The summed E-state index contributed by atoms with van der Waals surface area (Å²) in [7, 11) is 0. The molecule has 1 amide bonds. The van der Waals surface area contributed by atoms with Gasteiger partial charge < -0.3 is 24.9 Å². The molecule has 1 atom stereocenters. The number of amides is 1. The molecule has 0 aliphatic heterocycles. The molecule has 40 heavy (non-hydrogen) atoms. The smallest absolute Gasteiger partial charge is 0.407 e. The van der Waals surface area contributed by atoms with Crippen molar-refractivity contribution in [2.45, 2.75) is 25.0 Å². The van der Waals surface area contributed by atoms with E-state index in [4.69, 9.17) is 9.47 Å². The molecule has 1 heterocycles. The quantitative estimate of drug-likeness (QED) is 0.207. The first-order valence-electron chi connectivity index (χ1n) is 13.2. The minimum absolute atomic E-state index is 0.101. The van der Waals surface area contributed by atoms with Crippen LogP contribution in [0.5, 0.6) is 5.75 Å². The van der Waals surface area contributed by atoms with Crippen molar-refractivity contribution < 1.29 is 24.2 Å². The van der Waals surface area contributed by atoms with Crippen molar-refractivity contribution in [3.63, 3.8) is 0 Å². The first-order chi connectivity index (χ1) is 19.6. The number of nitrogens with one attached hydrogen (secondary N) is 2. The van der Waals surface area contributed by atoms with E-state index in [9.17, 15) is 14.7 Å². The third-order valence-corrected chi connectivity index (χ3v) is 7.35. The number of H-pyrrole nitrogens is 1. The maximum absolute atomic E-state index is 12.7. The van der Waals surface area contributed by atoms with Crippen LogP contribution in [0, 0.1) is 0 Å². The maximum atomic E-state index is 12.7. The standard InChI is InChI=1S/C33H28N2O5/c36-32(37)31(16-22-18-34-30-17-23(14-15-24(22)30)39-19-21-8-2-1-3-9-21)35-33(38)40-20-29-27-12-6-4-10-25(27)26-11-5-7-13-28(26)29/h1-15,17-18,29,31,34H,16,19-20H2,(H,35,38)(H,36,37). The summed E-state index contributed by atoms with van der Waals surface area (Å²) in [6, 6.07) is 30.5. The number of aromatic nitrogens is 1. The van der Waals surface area contributed by atoms with E-state index >= 15 is 0 Å². The number of hydrogen-bond donors (Lipinski definition) is 3. The first-order valence-corrected chi connectivity index (χ1v) is 13.2. The predicted molar refractivity (Wildman–Crippen MR) is 152 cm³/mol. The van der Waals surface area contributed by atoms with Gasteiger partial charge in [0.1, 0.15) is 25.0 Å². The van der Waals surface area contributed by atoms with Crippen molar-refractivity contribution in [3.8, 4) is 16.9 Å². The van der Waals surface area contributed by atoms with E-state index in [0.717, 1.165) is 44.3 Å². The van der Waals surface area contributed by atoms with Crippen LogP contribution in [0.2, 0.25) is 0 Å². The lowest BCUT2D eigenvalue weighted by atomic mass is 9.98. The van der Waals surface area contributed by atoms with Crippen LogP contribution in [-0.2, 0) is 22.6 Å². The van der Waals surface area contributed by atoms with Gasteiger partial charge in [-0.25, -0.2) is 9.59 Å². The van der Waals surface area contributed by atoms with Gasteiger partial charge >= 0.3 is 12.1 Å². The molecule has 5 aromatic rings. The highest BCUT2D eigenvalue weighted by Gasteiger charge is 2.30. The van der Waals surface area contributed by atoms with Gasteiger partial charge in [-0.3, -0.25) is 0 Å². The Morgan fingerprint density at radius 2 is 1.55 bits per heavy atom. The molecule has 7 nitrogen and oxygen atoms in total. The number of carboxylic acid groups (broad SMARTS) is 1. The molecule has 0 saturated carbocycles. The van der Waals surface area contributed by atoms with E-state index < -0.39 is 18.1 Å². The number of aliphatic carboxylic acids is 1. The molecule has 7 heteroatoms. The van der Waals surface area contributed by atoms with Crippen molar-refractivity contribution in [1.82, 2.24) is 10.3 Å². The molecule has 0 saturated heterocycles. The third kappa shape index (κ3) is 5.14. The highest BCUT2D eigenvalue weighted by atomic mass is 16.5. The van der Waals surface area contributed by atoms with E-state index in [1.165, 1.54) is 0 Å². The van der Waals surface area contributed by atoms with Gasteiger partial charge in [-0.05, 0) is 45.5 Å². The van der Waals surface area contributed by atoms with Crippen molar-refractivity contribution in [1.29, 1.82) is 0 Å². The Kier molecular flexibility index (Phi) is 6.93. The van der Waals surface area contributed by atoms with E-state index in [1.54, 1.807) is 6.20 Å². The number of rotatable bonds is 9. The molecule has 1 aromatic heterocycles. The Hall–Kier alpha value is -5.04. The molecule has 0 bridgehead atoms. The van der Waals surface area contributed by atoms with Crippen LogP contribution in [0.3, 0.4) is 0 Å². The second kappa shape index (κ2) is 11.0. The fourth-order valence-corrected chi connectivity index (χ4v) is 5.37. The number of carbonyl (C=O) groups is 2. The Morgan fingerprint density at radius 1 is 0.875 bits per heavy atom. The number of ether oxygens (including phenoxy) is 2. The largest absolute Gasteiger partial charge is 0.489 e. The molecule has 0 spiro atoms. The Bertz CT molecular complexity index is 1630. The van der Waals surface area contributed by atoms with E-state index in [0.29, 0.717) is 12.4 Å². The summed E-state index contributed by atoms with van der Waals surface area (Å²) in [5.41, 5.74) is 7.11. The molecule has 1 unspecified atom stereocenters. The number of benzene rings is 4. The lowest BCUT2D eigenvalue weighted by Crippen LogP contribution is -2.42. The topological polar surface area (TPSA) is 101 Å². The van der Waals surface area contributed by atoms with Gasteiger partial charge in [0, 0.05) is 35.5 Å². The Morgan fingerprint density at radius 3 is 2.25 bits per heavy atom. The third-order valence-electron chi connectivity index (χ3n) is 7.35. The first kappa shape index (κ1) is 25.2. The van der Waals surface area contributed by atoms with Crippen LogP contribution in [0.25, 0.3) is 22.0 Å². The van der Waals surface area contributed by atoms with Gasteiger partial charge in [-0.2, -0.15) is 0 Å². The second-order valence-electron chi connectivity index (χ2n) is 9.86. The van der Waals surface area contributed by atoms with Crippen LogP contribution in [0.4, 0.5) is 4.79 Å². The zero-order valence-corrected chi connectivity index (χ0v) is 21.7. The lowest BCUT2D eigenvalue weighted by molar-refractivity contribution is -0.139. The number of alkyl carbamates (subject to hydrolysis) is 1. The van der Waals surface area contributed by atoms with Crippen molar-refractivity contribution >= 4 is 23.0 Å². The fraction of sp³-hybridized carbons (Fsp3) is 0.152. The zero-order valence-electron chi connectivity index (χ0n) is 21.7. The Labute approximate surface area is 231 Å². The number of carbonyl (C=O) groups excluding carboxylic acids is 1. The van der Waals surface area contributed by atoms with Gasteiger partial charge in [0.2, 0.25) is 0 Å². The van der Waals surface area contributed by atoms with Crippen LogP contribution in [-0.4, -0.2) is 34.8 Å². The maximum Gasteiger partial charge on any atom is 0.407 e. The van der Waals surface area contributed by atoms with Crippen molar-refractivity contribution in [2.75, 3.05) is 6.61 Å². The van der Waals surface area contributed by atoms with Gasteiger partial charge in [0.15, 0.2) is 0 Å². The predicted octanol–water partition coefficient (Wildman–Crippen LogP) is 6.28. The number of aromatic amines is 1. The van der Waals surface area contributed by atoms with Crippen molar-refractivity contribution in [2.24, 2.45) is 0 Å². The summed E-state index contributed by atoms with van der Waals surface area (Å²) in [4.78, 5) is 28.0. The Balaban J connectivity index is 1.10. The molecule has 4 aromatic carbocycles. The minimum Gasteiger partial charge on any atom is -0.489 e. The van der Waals surface area contributed by atoms with Gasteiger partial charge in [-0.15, -0.1) is 0 Å². The van der Waals surface area contributed by atoms with Crippen LogP contribution in [0.15, 0.2) is 103 Å². The fourth-order valence-electron chi connectivity index (χ4n) is 5.37. The summed E-state index contributed by atoms with van der Waals surface area (Å²) in [5.74, 6) is -0.532. The molecule has 3 N–H and O–H groups in total. The summed E-state index contributed by atoms with van der Waals surface area (Å²) >= 11 is 0. The molecular formula is C33H28N2O5. The average Bonchev–Trinajstić information content (AvgIpc) is 3.53. The summed E-state index contributed by atoms with van der Waals surface area (Å²) in [6.07, 6.45) is 1.11. The summed E-state index contributed by atoms with van der Waals surface area (Å²) in [5, 5.41) is 13.3. The van der Waals surface area contributed by atoms with Crippen molar-refractivity contribution in [3.05, 3.63) is 126 Å². The summed E-state index contributed by atoms with van der Waals surface area (Å²) < 4.78 is 11.5. The number of fused-ring (bicyclic) bond motifs is 4. The number of carboxylic acids is 1. The van der Waals surface area contributed by atoms with Crippen LogP contribution in [0.1, 0.15) is 28.2 Å². The molecular weight excluding hydrogens is 504 g/mol. The normalized spacial score (nSPS) is 12.9. The van der Waals surface area contributed by atoms with E-state index in [2.05, 4.69) is 22.4 Å². The average molecular weight is 533 g/mol. The summed E-state index contributed by atoms with van der Waals surface area (Å²) in [6.45, 7) is 0.566. The van der Waals surface area contributed by atoms with E-state index in [-0.39, 0.29) is 18.9 Å². The molecule has 0 fully saturated rings. The highest BCUT2D eigenvalue weighted by Crippen LogP contribution is 2.44. The van der Waals surface area contributed by atoms with Gasteiger partial charge in [0.25, 0.3) is 0 Å². The highest BCUT2D eigenvalue weighted by molar-refractivity contribution is 5.86. The van der Waals surface area contributed by atoms with E-state index in [1.807, 2.05) is 84.9 Å². The molecule has 1 aliphatic rings. The van der Waals surface area contributed by atoms with Crippen LogP contribution < -0.4 is 10.1 Å². The monoisotopic (exact) mass is 532 g/mol. The number of hydrogen-bond acceptors (Lipinski definition) is 4. The molecule has 0 radical (unpaired) electrons. The lowest BCUT2D eigenvalue weighted by Gasteiger charge is -2.17.